The maximum absolute atomic E-state index is 11.9. The minimum atomic E-state index is -0.453. The van der Waals surface area contributed by atoms with Crippen LogP contribution in [0.3, 0.4) is 0 Å². The first-order chi connectivity index (χ1) is 12.7. The van der Waals surface area contributed by atoms with E-state index in [1.54, 1.807) is 5.51 Å². The maximum Gasteiger partial charge on any atom is 0.407 e. The average molecular weight is 408 g/mol. The van der Waals surface area contributed by atoms with Crippen LogP contribution in [0.2, 0.25) is 5.02 Å². The van der Waals surface area contributed by atoms with Crippen LogP contribution in [0.4, 0.5) is 4.79 Å². The number of benzene rings is 1. The number of hydrogen-bond donors (Lipinski definition) is 2. The van der Waals surface area contributed by atoms with Gasteiger partial charge in [0.05, 0.1) is 21.9 Å². The normalized spacial score (nSPS) is 11.6. The Hall–Kier alpha value is -2.25. The molecule has 2 N–H and O–H groups in total. The van der Waals surface area contributed by atoms with E-state index in [1.807, 2.05) is 45.2 Å². The number of halogens is 1. The van der Waals surface area contributed by atoms with Gasteiger partial charge in [-0.25, -0.2) is 9.78 Å². The molecule has 3 aromatic rings. The third-order valence-corrected chi connectivity index (χ3v) is 4.83. The molecule has 27 heavy (non-hydrogen) atoms. The lowest BCUT2D eigenvalue weighted by Crippen LogP contribution is -2.40. The third-order valence-electron chi connectivity index (χ3n) is 3.90. The van der Waals surface area contributed by atoms with Gasteiger partial charge in [-0.2, -0.15) is 0 Å². The van der Waals surface area contributed by atoms with Gasteiger partial charge in [0.2, 0.25) is 0 Å². The number of fused-ring (bicyclic) bond motifs is 1. The van der Waals surface area contributed by atoms with Crippen LogP contribution in [0.15, 0.2) is 23.0 Å². The van der Waals surface area contributed by atoms with E-state index in [0.29, 0.717) is 17.4 Å². The van der Waals surface area contributed by atoms with Gasteiger partial charge in [-0.3, -0.25) is 0 Å². The van der Waals surface area contributed by atoms with Crippen LogP contribution in [0.5, 0.6) is 5.75 Å². The van der Waals surface area contributed by atoms with E-state index in [2.05, 4.69) is 15.3 Å². The predicted octanol–water partition coefficient (Wildman–Crippen LogP) is 5.19. The van der Waals surface area contributed by atoms with Crippen molar-refractivity contribution in [3.63, 3.8) is 0 Å². The van der Waals surface area contributed by atoms with E-state index in [9.17, 15) is 4.79 Å². The molecule has 2 aromatic heterocycles. The molecule has 144 valence electrons. The molecule has 0 unspecified atom stereocenters. The number of carbonyl (C=O) groups excluding carboxylic acids is 1. The number of thiazole rings is 1. The van der Waals surface area contributed by atoms with Gasteiger partial charge >= 0.3 is 6.09 Å². The quantitative estimate of drug-likeness (QED) is 0.610. The van der Waals surface area contributed by atoms with Crippen LogP contribution in [-0.4, -0.2) is 21.6 Å². The molecule has 0 radical (unpaired) electrons. The first-order valence-corrected chi connectivity index (χ1v) is 9.80. The number of ether oxygens (including phenoxy) is 2. The van der Waals surface area contributed by atoms with E-state index in [-0.39, 0.29) is 12.1 Å². The fraction of sp³-hybridized carbons (Fsp3) is 0.368. The van der Waals surface area contributed by atoms with E-state index in [0.717, 1.165) is 27.9 Å². The maximum atomic E-state index is 11.9. The van der Waals surface area contributed by atoms with Crippen molar-refractivity contribution in [3.05, 3.63) is 45.0 Å². The van der Waals surface area contributed by atoms with Gasteiger partial charge in [-0.05, 0) is 39.3 Å². The number of hydrogen-bond acceptors (Lipinski definition) is 5. The van der Waals surface area contributed by atoms with Gasteiger partial charge in [-0.1, -0.05) is 11.6 Å². The molecule has 1 aromatic carbocycles. The highest BCUT2D eigenvalue weighted by Crippen LogP contribution is 2.33. The molecule has 0 saturated heterocycles. The molecule has 0 aliphatic heterocycles. The minimum absolute atomic E-state index is 0.148. The van der Waals surface area contributed by atoms with Crippen LogP contribution in [-0.2, 0) is 18.0 Å². The molecule has 8 heteroatoms. The van der Waals surface area contributed by atoms with Crippen LogP contribution in [0.1, 0.15) is 37.7 Å². The molecule has 0 bridgehead atoms. The van der Waals surface area contributed by atoms with Crippen LogP contribution in [0, 0.1) is 6.92 Å². The Labute approximate surface area is 166 Å². The van der Waals surface area contributed by atoms with Gasteiger partial charge in [0.15, 0.2) is 0 Å². The first kappa shape index (κ1) is 19.5. The van der Waals surface area contributed by atoms with Gasteiger partial charge in [0, 0.05) is 27.9 Å². The third kappa shape index (κ3) is 4.93. The summed E-state index contributed by atoms with van der Waals surface area (Å²) in [5, 5.41) is 6.20. The summed E-state index contributed by atoms with van der Waals surface area (Å²) >= 11 is 7.89. The predicted molar refractivity (Wildman–Crippen MR) is 108 cm³/mol. The van der Waals surface area contributed by atoms with E-state index in [4.69, 9.17) is 21.1 Å². The largest absolute Gasteiger partial charge is 0.486 e. The summed E-state index contributed by atoms with van der Waals surface area (Å²) in [5.74, 6) is 0.580. The summed E-state index contributed by atoms with van der Waals surface area (Å²) in [6.07, 6.45) is -0.453. The summed E-state index contributed by atoms with van der Waals surface area (Å²) in [5.41, 5.74) is 4.96. The van der Waals surface area contributed by atoms with Gasteiger partial charge in [-0.15, -0.1) is 11.3 Å². The van der Waals surface area contributed by atoms with Gasteiger partial charge in [0.25, 0.3) is 0 Å². The second-order valence-electron chi connectivity index (χ2n) is 7.28. The molecule has 1 amide bonds. The molecule has 0 aliphatic rings. The number of aromatic nitrogens is 2. The Morgan fingerprint density at radius 1 is 1.33 bits per heavy atom. The number of carbonyl (C=O) groups is 1. The van der Waals surface area contributed by atoms with Crippen molar-refractivity contribution in [1.82, 2.24) is 15.3 Å². The number of aryl methyl sites for hydroxylation is 1. The standard InChI is InChI=1S/C19H22ClN3O3S/c1-11-13-5-14(20)17(25-7-12-9-27-10-21-12)6-15(13)22-16(11)8-26-18(24)23-19(2,3)4/h5-6,9-10,22H,7-8H2,1-4H3,(H,23,24). The van der Waals surface area contributed by atoms with Crippen molar-refractivity contribution in [2.24, 2.45) is 0 Å². The Kier molecular flexibility index (Phi) is 5.62. The molecule has 2 heterocycles. The number of rotatable bonds is 5. The molecule has 0 saturated carbocycles. The smallest absolute Gasteiger partial charge is 0.407 e. The molecular formula is C19H22ClN3O3S. The lowest BCUT2D eigenvalue weighted by molar-refractivity contribution is 0.130. The zero-order chi connectivity index (χ0) is 19.6. The van der Waals surface area contributed by atoms with Crippen molar-refractivity contribution in [2.45, 2.75) is 46.4 Å². The van der Waals surface area contributed by atoms with Gasteiger partial charge < -0.3 is 19.8 Å². The highest BCUT2D eigenvalue weighted by atomic mass is 35.5. The Morgan fingerprint density at radius 2 is 2.11 bits per heavy atom. The number of H-pyrrole nitrogens is 1. The fourth-order valence-corrected chi connectivity index (χ4v) is 3.34. The number of alkyl carbamates (subject to hydrolysis) is 1. The SMILES string of the molecule is Cc1c(COC(=O)NC(C)(C)C)[nH]c2cc(OCc3cscn3)c(Cl)cc12. The van der Waals surface area contributed by atoms with Crippen molar-refractivity contribution in [3.8, 4) is 5.75 Å². The topological polar surface area (TPSA) is 76.2 Å². The van der Waals surface area contributed by atoms with Crippen molar-refractivity contribution < 1.29 is 14.3 Å². The molecule has 0 fully saturated rings. The highest BCUT2D eigenvalue weighted by molar-refractivity contribution is 7.07. The number of aromatic amines is 1. The van der Waals surface area contributed by atoms with Crippen molar-refractivity contribution >= 4 is 39.9 Å². The number of nitrogens with zero attached hydrogens (tertiary/aromatic N) is 1. The fourth-order valence-electron chi connectivity index (χ4n) is 2.58. The van der Waals surface area contributed by atoms with E-state index >= 15 is 0 Å². The van der Waals surface area contributed by atoms with E-state index in [1.165, 1.54) is 11.3 Å². The number of nitrogens with one attached hydrogen (secondary N) is 2. The lowest BCUT2D eigenvalue weighted by Gasteiger charge is -2.19. The summed E-state index contributed by atoms with van der Waals surface area (Å²) in [6.45, 7) is 8.17. The Balaban J connectivity index is 1.74. The molecule has 3 rings (SSSR count). The summed E-state index contributed by atoms with van der Waals surface area (Å²) in [7, 11) is 0. The minimum Gasteiger partial charge on any atom is -0.486 e. The Bertz CT molecular complexity index is 945. The number of amides is 1. The second kappa shape index (κ2) is 7.78. The van der Waals surface area contributed by atoms with Crippen LogP contribution >= 0.6 is 22.9 Å². The van der Waals surface area contributed by atoms with E-state index < -0.39 is 6.09 Å². The molecule has 0 atom stereocenters. The lowest BCUT2D eigenvalue weighted by atomic mass is 10.1. The first-order valence-electron chi connectivity index (χ1n) is 8.48. The van der Waals surface area contributed by atoms with Crippen molar-refractivity contribution in [1.29, 1.82) is 0 Å². The average Bonchev–Trinajstić information content (AvgIpc) is 3.18. The second-order valence-corrected chi connectivity index (χ2v) is 8.40. The summed E-state index contributed by atoms with van der Waals surface area (Å²) in [6, 6.07) is 3.72. The zero-order valence-corrected chi connectivity index (χ0v) is 17.3. The zero-order valence-electron chi connectivity index (χ0n) is 15.7. The molecular weight excluding hydrogens is 386 g/mol. The Morgan fingerprint density at radius 3 is 2.78 bits per heavy atom. The molecule has 6 nitrogen and oxygen atoms in total. The van der Waals surface area contributed by atoms with Crippen LogP contribution < -0.4 is 10.1 Å². The van der Waals surface area contributed by atoms with Crippen molar-refractivity contribution in [2.75, 3.05) is 0 Å². The molecule has 0 spiro atoms. The highest BCUT2D eigenvalue weighted by Gasteiger charge is 2.17. The summed E-state index contributed by atoms with van der Waals surface area (Å²) < 4.78 is 11.1. The summed E-state index contributed by atoms with van der Waals surface area (Å²) in [4.78, 5) is 19.4. The van der Waals surface area contributed by atoms with Crippen LogP contribution in [0.25, 0.3) is 10.9 Å². The van der Waals surface area contributed by atoms with Gasteiger partial charge in [0.1, 0.15) is 19.0 Å². The monoisotopic (exact) mass is 407 g/mol. The molecule has 0 aliphatic carbocycles.